The Labute approximate surface area is 98.8 Å². The zero-order valence-corrected chi connectivity index (χ0v) is 10.7. The Balaban J connectivity index is 2.75. The molecule has 1 aromatic rings. The molecule has 0 aromatic heterocycles. The molecule has 1 unspecified atom stereocenters. The van der Waals surface area contributed by atoms with Gasteiger partial charge in [0.25, 0.3) is 0 Å². The van der Waals surface area contributed by atoms with E-state index in [9.17, 15) is 8.60 Å². The number of alkyl halides is 1. The lowest BCUT2D eigenvalue weighted by Crippen LogP contribution is -2.36. The van der Waals surface area contributed by atoms with E-state index in [4.69, 9.17) is 0 Å². The third kappa shape index (κ3) is 3.68. The number of halogens is 1. The van der Waals surface area contributed by atoms with Gasteiger partial charge in [0.15, 0.2) is 0 Å². The van der Waals surface area contributed by atoms with Crippen molar-refractivity contribution in [2.75, 3.05) is 6.67 Å². The van der Waals surface area contributed by atoms with E-state index in [0.717, 1.165) is 5.56 Å². The fraction of sp³-hybridized carbons (Fsp3) is 0.500. The average molecular weight is 243 g/mol. The first-order valence-corrected chi connectivity index (χ1v) is 6.39. The Morgan fingerprint density at radius 2 is 1.88 bits per heavy atom. The van der Waals surface area contributed by atoms with Gasteiger partial charge in [-0.25, -0.2) is 13.3 Å². The van der Waals surface area contributed by atoms with Crippen molar-refractivity contribution in [2.45, 2.75) is 31.6 Å². The number of rotatable bonds is 4. The lowest BCUT2D eigenvalue weighted by molar-refractivity contribution is 0.418. The topological polar surface area (TPSA) is 29.1 Å². The summed E-state index contributed by atoms with van der Waals surface area (Å²) in [6, 6.07) is 8.73. The Kier molecular flexibility index (Phi) is 4.62. The van der Waals surface area contributed by atoms with Gasteiger partial charge in [0.1, 0.15) is 6.67 Å². The molecule has 0 spiro atoms. The fourth-order valence-corrected chi connectivity index (χ4v) is 1.99. The van der Waals surface area contributed by atoms with Crippen molar-refractivity contribution in [3.8, 4) is 0 Å². The summed E-state index contributed by atoms with van der Waals surface area (Å²) < 4.78 is 27.2. The molecule has 0 saturated heterocycles. The van der Waals surface area contributed by atoms with Crippen LogP contribution in [0.5, 0.6) is 0 Å². The van der Waals surface area contributed by atoms with Crippen LogP contribution in [0.1, 0.15) is 32.4 Å². The average Bonchev–Trinajstić information content (AvgIpc) is 2.25. The van der Waals surface area contributed by atoms with Crippen molar-refractivity contribution < 1.29 is 8.60 Å². The van der Waals surface area contributed by atoms with Crippen LogP contribution in [-0.4, -0.2) is 15.6 Å². The SMILES string of the molecule is CC(C)(C)S(=O)N[C@@H](CF)c1ccccc1. The van der Waals surface area contributed by atoms with E-state index in [0.29, 0.717) is 0 Å². The minimum Gasteiger partial charge on any atom is -0.249 e. The van der Waals surface area contributed by atoms with Gasteiger partial charge < -0.3 is 0 Å². The summed E-state index contributed by atoms with van der Waals surface area (Å²) in [6.07, 6.45) is 0. The van der Waals surface area contributed by atoms with Crippen LogP contribution in [-0.2, 0) is 11.0 Å². The molecule has 2 atom stereocenters. The predicted octanol–water partition coefficient (Wildman–Crippen LogP) is 2.75. The summed E-state index contributed by atoms with van der Waals surface area (Å²) in [7, 11) is -1.26. The van der Waals surface area contributed by atoms with Crippen LogP contribution in [0.2, 0.25) is 0 Å². The molecule has 1 rings (SSSR count). The van der Waals surface area contributed by atoms with E-state index >= 15 is 0 Å². The number of nitrogens with one attached hydrogen (secondary N) is 1. The first-order chi connectivity index (χ1) is 7.45. The van der Waals surface area contributed by atoms with E-state index in [2.05, 4.69) is 4.72 Å². The quantitative estimate of drug-likeness (QED) is 0.865. The summed E-state index contributed by atoms with van der Waals surface area (Å²) in [6.45, 7) is 5.01. The molecule has 4 heteroatoms. The zero-order chi connectivity index (χ0) is 12.2. The lowest BCUT2D eigenvalue weighted by atomic mass is 10.1. The molecule has 90 valence electrons. The molecule has 0 radical (unpaired) electrons. The third-order valence-corrected chi connectivity index (χ3v) is 3.77. The van der Waals surface area contributed by atoms with E-state index in [1.807, 2.05) is 51.1 Å². The Morgan fingerprint density at radius 1 is 1.31 bits per heavy atom. The molecule has 0 aliphatic heterocycles. The highest BCUT2D eigenvalue weighted by molar-refractivity contribution is 7.84. The highest BCUT2D eigenvalue weighted by atomic mass is 32.2. The van der Waals surface area contributed by atoms with E-state index in [1.165, 1.54) is 0 Å². The van der Waals surface area contributed by atoms with Crippen molar-refractivity contribution in [3.05, 3.63) is 35.9 Å². The van der Waals surface area contributed by atoms with Crippen LogP contribution in [0.3, 0.4) is 0 Å². The first-order valence-electron chi connectivity index (χ1n) is 5.24. The maximum atomic E-state index is 12.9. The van der Waals surface area contributed by atoms with Crippen LogP contribution < -0.4 is 4.72 Å². The predicted molar refractivity (Wildman–Crippen MR) is 66.2 cm³/mol. The second-order valence-corrected chi connectivity index (χ2v) is 6.61. The molecular weight excluding hydrogens is 225 g/mol. The van der Waals surface area contributed by atoms with E-state index in [1.54, 1.807) is 0 Å². The molecule has 0 aliphatic carbocycles. The zero-order valence-electron chi connectivity index (χ0n) is 9.87. The molecule has 0 bridgehead atoms. The summed E-state index contributed by atoms with van der Waals surface area (Å²) in [4.78, 5) is 0. The van der Waals surface area contributed by atoms with Crippen LogP contribution in [0.25, 0.3) is 0 Å². The maximum absolute atomic E-state index is 12.9. The Hall–Kier alpha value is -0.740. The van der Waals surface area contributed by atoms with Gasteiger partial charge in [-0.3, -0.25) is 0 Å². The number of hydrogen-bond donors (Lipinski definition) is 1. The molecule has 0 heterocycles. The van der Waals surface area contributed by atoms with Gasteiger partial charge in [-0.2, -0.15) is 0 Å². The van der Waals surface area contributed by atoms with Crippen LogP contribution >= 0.6 is 0 Å². The number of benzene rings is 1. The van der Waals surface area contributed by atoms with E-state index < -0.39 is 23.7 Å². The van der Waals surface area contributed by atoms with Crippen molar-refractivity contribution in [3.63, 3.8) is 0 Å². The second kappa shape index (κ2) is 5.55. The van der Waals surface area contributed by atoms with Gasteiger partial charge in [0.2, 0.25) is 0 Å². The van der Waals surface area contributed by atoms with Gasteiger partial charge in [-0.1, -0.05) is 30.3 Å². The largest absolute Gasteiger partial charge is 0.249 e. The smallest absolute Gasteiger partial charge is 0.110 e. The minimum absolute atomic E-state index is 0.387. The van der Waals surface area contributed by atoms with Gasteiger partial charge in [0, 0.05) is 0 Å². The normalized spacial score (nSPS) is 15.8. The molecule has 1 aromatic carbocycles. The highest BCUT2D eigenvalue weighted by Gasteiger charge is 2.23. The van der Waals surface area contributed by atoms with Gasteiger partial charge in [0.05, 0.1) is 21.8 Å². The summed E-state index contributed by atoms with van der Waals surface area (Å²) in [5.74, 6) is 0. The maximum Gasteiger partial charge on any atom is 0.110 e. The van der Waals surface area contributed by atoms with Crippen molar-refractivity contribution >= 4 is 11.0 Å². The van der Waals surface area contributed by atoms with Crippen molar-refractivity contribution in [1.82, 2.24) is 4.72 Å². The Morgan fingerprint density at radius 3 is 2.31 bits per heavy atom. The van der Waals surface area contributed by atoms with Gasteiger partial charge >= 0.3 is 0 Å². The van der Waals surface area contributed by atoms with Crippen molar-refractivity contribution in [1.29, 1.82) is 0 Å². The molecule has 0 amide bonds. The molecule has 1 N–H and O–H groups in total. The first kappa shape index (κ1) is 13.3. The minimum atomic E-state index is -1.26. The third-order valence-electron chi connectivity index (χ3n) is 2.16. The van der Waals surface area contributed by atoms with Crippen LogP contribution in [0.15, 0.2) is 30.3 Å². The van der Waals surface area contributed by atoms with Crippen LogP contribution in [0.4, 0.5) is 4.39 Å². The van der Waals surface area contributed by atoms with Gasteiger partial charge in [-0.05, 0) is 26.3 Å². The standard InChI is InChI=1S/C12H18FNOS/c1-12(2,3)16(15)14-11(9-13)10-7-5-4-6-8-10/h4-8,11,14H,9H2,1-3H3/t11-,16?/m0/s1. The molecule has 0 saturated carbocycles. The monoisotopic (exact) mass is 243 g/mol. The number of hydrogen-bond acceptors (Lipinski definition) is 1. The van der Waals surface area contributed by atoms with E-state index in [-0.39, 0.29) is 4.75 Å². The summed E-state index contributed by atoms with van der Waals surface area (Å²) in [5.41, 5.74) is 0.822. The van der Waals surface area contributed by atoms with Crippen molar-refractivity contribution in [2.24, 2.45) is 0 Å². The highest BCUT2D eigenvalue weighted by Crippen LogP contribution is 2.17. The van der Waals surface area contributed by atoms with Gasteiger partial charge in [-0.15, -0.1) is 0 Å². The van der Waals surface area contributed by atoms with Crippen LogP contribution in [0, 0.1) is 0 Å². The second-order valence-electron chi connectivity index (χ2n) is 4.62. The molecule has 2 nitrogen and oxygen atoms in total. The summed E-state index contributed by atoms with van der Waals surface area (Å²) >= 11 is 0. The molecule has 16 heavy (non-hydrogen) atoms. The fourth-order valence-electron chi connectivity index (χ4n) is 1.18. The lowest BCUT2D eigenvalue weighted by Gasteiger charge is -2.22. The molecular formula is C12H18FNOS. The molecule has 0 fully saturated rings. The summed E-state index contributed by atoms with van der Waals surface area (Å²) in [5, 5.41) is 0. The molecule has 0 aliphatic rings. The Bertz CT molecular complexity index is 348.